The van der Waals surface area contributed by atoms with E-state index >= 15 is 0 Å². The monoisotopic (exact) mass is 310 g/mol. The van der Waals surface area contributed by atoms with Crippen molar-refractivity contribution in [3.8, 4) is 0 Å². The van der Waals surface area contributed by atoms with Crippen LogP contribution in [0.25, 0.3) is 0 Å². The minimum absolute atomic E-state index is 0.158. The van der Waals surface area contributed by atoms with Gasteiger partial charge in [0, 0.05) is 11.8 Å². The summed E-state index contributed by atoms with van der Waals surface area (Å²) >= 11 is 1.60. The Labute approximate surface area is 126 Å². The maximum absolute atomic E-state index is 11.7. The van der Waals surface area contributed by atoms with Crippen LogP contribution in [0.4, 0.5) is 4.79 Å². The molecule has 1 aromatic rings. The van der Waals surface area contributed by atoms with Crippen LogP contribution in [-0.4, -0.2) is 28.9 Å². The second-order valence-corrected chi connectivity index (χ2v) is 5.76. The molecule has 0 aliphatic carbocycles. The number of carbonyl (C=O) groups is 3. The van der Waals surface area contributed by atoms with Crippen molar-refractivity contribution in [2.45, 2.75) is 45.2 Å². The lowest BCUT2D eigenvalue weighted by Crippen LogP contribution is -2.31. The van der Waals surface area contributed by atoms with Gasteiger partial charge in [-0.25, -0.2) is 9.78 Å². The van der Waals surface area contributed by atoms with Gasteiger partial charge in [0.15, 0.2) is 0 Å². The summed E-state index contributed by atoms with van der Waals surface area (Å²) in [5, 5.41) is 10.4. The topological polar surface area (TPSA) is 100 Å². The van der Waals surface area contributed by atoms with Crippen LogP contribution in [0.15, 0.2) is 5.38 Å². The van der Waals surface area contributed by atoms with Crippen molar-refractivity contribution >= 4 is 29.2 Å². The molecular weight excluding hydrogens is 292 g/mol. The first-order valence-electron chi connectivity index (χ1n) is 6.90. The van der Waals surface area contributed by atoms with Gasteiger partial charge >= 0.3 is 6.03 Å². The molecule has 1 fully saturated rings. The van der Waals surface area contributed by atoms with Crippen molar-refractivity contribution in [1.82, 2.24) is 20.9 Å². The highest BCUT2D eigenvalue weighted by molar-refractivity contribution is 7.09. The molecule has 1 aliphatic heterocycles. The number of imide groups is 1. The van der Waals surface area contributed by atoms with Crippen LogP contribution in [0.3, 0.4) is 0 Å². The number of hydrogen-bond acceptors (Lipinski definition) is 5. The van der Waals surface area contributed by atoms with E-state index in [9.17, 15) is 14.4 Å². The number of amides is 4. The fourth-order valence-electron chi connectivity index (χ4n) is 1.97. The van der Waals surface area contributed by atoms with Gasteiger partial charge in [-0.1, -0.05) is 6.92 Å². The Morgan fingerprint density at radius 3 is 2.95 bits per heavy atom. The molecule has 8 heteroatoms. The number of urea groups is 1. The molecule has 1 aliphatic rings. The number of nitrogens with zero attached hydrogens (tertiary/aromatic N) is 1. The quantitative estimate of drug-likeness (QED) is 0.645. The lowest BCUT2D eigenvalue weighted by molar-refractivity contribution is -0.122. The van der Waals surface area contributed by atoms with Gasteiger partial charge in [0.2, 0.25) is 5.91 Å². The minimum atomic E-state index is -0.612. The molecule has 0 radical (unpaired) electrons. The first-order valence-corrected chi connectivity index (χ1v) is 7.77. The second-order valence-electron chi connectivity index (χ2n) is 4.81. The summed E-state index contributed by atoms with van der Waals surface area (Å²) in [6.07, 6.45) is 2.48. The van der Waals surface area contributed by atoms with Crippen LogP contribution in [0, 0.1) is 0 Å². The van der Waals surface area contributed by atoms with Crippen molar-refractivity contribution in [3.05, 3.63) is 16.1 Å². The van der Waals surface area contributed by atoms with Gasteiger partial charge < -0.3 is 10.6 Å². The highest BCUT2D eigenvalue weighted by Crippen LogP contribution is 2.11. The standard InChI is InChI=1S/C13H18N4O3S/c1-2-3-11-15-8(7-21-11)6-14-10(18)5-4-9-12(19)17-13(20)16-9/h7,9H,2-6H2,1H3,(H,14,18)(H2,16,17,19,20). The van der Waals surface area contributed by atoms with Crippen LogP contribution in [0.2, 0.25) is 0 Å². The number of aryl methyl sites for hydroxylation is 1. The van der Waals surface area contributed by atoms with E-state index in [1.807, 2.05) is 5.38 Å². The van der Waals surface area contributed by atoms with E-state index in [2.05, 4.69) is 27.9 Å². The molecule has 0 aromatic carbocycles. The molecule has 1 atom stereocenters. The van der Waals surface area contributed by atoms with E-state index in [1.165, 1.54) is 0 Å². The van der Waals surface area contributed by atoms with Crippen LogP contribution in [0.1, 0.15) is 36.9 Å². The maximum Gasteiger partial charge on any atom is 0.322 e. The van der Waals surface area contributed by atoms with Crippen molar-refractivity contribution in [1.29, 1.82) is 0 Å². The average Bonchev–Trinajstić information content (AvgIpc) is 3.01. The number of hydrogen-bond donors (Lipinski definition) is 3. The van der Waals surface area contributed by atoms with Gasteiger partial charge in [-0.15, -0.1) is 11.3 Å². The predicted octanol–water partition coefficient (Wildman–Crippen LogP) is 0.700. The van der Waals surface area contributed by atoms with Gasteiger partial charge in [0.05, 0.1) is 17.2 Å². The lowest BCUT2D eigenvalue weighted by atomic mass is 10.1. The molecule has 2 heterocycles. The highest BCUT2D eigenvalue weighted by Gasteiger charge is 2.29. The zero-order valence-corrected chi connectivity index (χ0v) is 12.6. The number of carbonyl (C=O) groups excluding carboxylic acids is 3. The molecule has 4 amide bonds. The Kier molecular flexibility index (Phi) is 5.26. The summed E-state index contributed by atoms with van der Waals surface area (Å²) in [5.74, 6) is -0.537. The average molecular weight is 310 g/mol. The van der Waals surface area contributed by atoms with Crippen molar-refractivity contribution < 1.29 is 14.4 Å². The third-order valence-corrected chi connectivity index (χ3v) is 4.01. The van der Waals surface area contributed by atoms with Gasteiger partial charge in [-0.3, -0.25) is 14.9 Å². The molecule has 0 saturated carbocycles. The van der Waals surface area contributed by atoms with E-state index < -0.39 is 12.1 Å². The Morgan fingerprint density at radius 2 is 2.29 bits per heavy atom. The molecule has 1 saturated heterocycles. The molecule has 1 aromatic heterocycles. The zero-order chi connectivity index (χ0) is 15.2. The van der Waals surface area contributed by atoms with Crippen molar-refractivity contribution in [3.63, 3.8) is 0 Å². The van der Waals surface area contributed by atoms with Crippen LogP contribution < -0.4 is 16.0 Å². The zero-order valence-electron chi connectivity index (χ0n) is 11.8. The highest BCUT2D eigenvalue weighted by atomic mass is 32.1. The molecule has 21 heavy (non-hydrogen) atoms. The molecule has 0 bridgehead atoms. The molecule has 2 rings (SSSR count). The number of rotatable bonds is 7. The predicted molar refractivity (Wildman–Crippen MR) is 77.7 cm³/mol. The lowest BCUT2D eigenvalue weighted by Gasteiger charge is -2.07. The fraction of sp³-hybridized carbons (Fsp3) is 0.538. The number of aromatic nitrogens is 1. The van der Waals surface area contributed by atoms with E-state index in [0.717, 1.165) is 23.5 Å². The number of nitrogens with one attached hydrogen (secondary N) is 3. The minimum Gasteiger partial charge on any atom is -0.350 e. The molecule has 114 valence electrons. The second kappa shape index (κ2) is 7.16. The van der Waals surface area contributed by atoms with E-state index in [0.29, 0.717) is 13.0 Å². The summed E-state index contributed by atoms with van der Waals surface area (Å²) in [6, 6.07) is -1.12. The Balaban J connectivity index is 1.69. The Morgan fingerprint density at radius 1 is 1.48 bits per heavy atom. The van der Waals surface area contributed by atoms with E-state index in [1.54, 1.807) is 11.3 Å². The normalized spacial score (nSPS) is 17.5. The summed E-state index contributed by atoms with van der Waals surface area (Å²) in [7, 11) is 0. The summed E-state index contributed by atoms with van der Waals surface area (Å²) in [4.78, 5) is 38.4. The number of thiazole rings is 1. The summed E-state index contributed by atoms with van der Waals surface area (Å²) in [5.41, 5.74) is 0.851. The van der Waals surface area contributed by atoms with Gasteiger partial charge in [0.1, 0.15) is 6.04 Å². The van der Waals surface area contributed by atoms with Crippen LogP contribution in [-0.2, 0) is 22.6 Å². The Hall–Kier alpha value is -1.96. The summed E-state index contributed by atoms with van der Waals surface area (Å²) < 4.78 is 0. The van der Waals surface area contributed by atoms with E-state index in [4.69, 9.17) is 0 Å². The molecule has 0 spiro atoms. The molecular formula is C13H18N4O3S. The Bertz CT molecular complexity index is 543. The fourth-order valence-corrected chi connectivity index (χ4v) is 2.87. The maximum atomic E-state index is 11.7. The molecule has 1 unspecified atom stereocenters. The first kappa shape index (κ1) is 15.4. The van der Waals surface area contributed by atoms with E-state index in [-0.39, 0.29) is 18.2 Å². The van der Waals surface area contributed by atoms with Gasteiger partial charge in [-0.05, 0) is 19.3 Å². The summed E-state index contributed by atoms with van der Waals surface area (Å²) in [6.45, 7) is 2.49. The molecule has 3 N–H and O–H groups in total. The third-order valence-electron chi connectivity index (χ3n) is 3.05. The first-order chi connectivity index (χ1) is 10.1. The van der Waals surface area contributed by atoms with Crippen LogP contribution in [0.5, 0.6) is 0 Å². The third kappa shape index (κ3) is 4.52. The van der Waals surface area contributed by atoms with Crippen LogP contribution >= 0.6 is 11.3 Å². The largest absolute Gasteiger partial charge is 0.350 e. The SMILES string of the molecule is CCCc1nc(CNC(=O)CCC2NC(=O)NC2=O)cs1. The van der Waals surface area contributed by atoms with Crippen molar-refractivity contribution in [2.24, 2.45) is 0 Å². The molecule has 7 nitrogen and oxygen atoms in total. The van der Waals surface area contributed by atoms with Crippen molar-refractivity contribution in [2.75, 3.05) is 0 Å². The van der Waals surface area contributed by atoms with Gasteiger partial charge in [0.25, 0.3) is 5.91 Å². The smallest absolute Gasteiger partial charge is 0.322 e. The van der Waals surface area contributed by atoms with Gasteiger partial charge in [-0.2, -0.15) is 0 Å².